The SMILES string of the molecule is C=C1N=C(N)C=CN1C1CCC(CC)O1. The summed E-state index contributed by atoms with van der Waals surface area (Å²) in [6.45, 7) is 6.01. The predicted molar refractivity (Wildman–Crippen MR) is 59.9 cm³/mol. The highest BCUT2D eigenvalue weighted by Gasteiger charge is 2.29. The van der Waals surface area contributed by atoms with Gasteiger partial charge in [0.2, 0.25) is 0 Å². The van der Waals surface area contributed by atoms with Crippen molar-refractivity contribution in [3.05, 3.63) is 24.7 Å². The standard InChI is InChI=1S/C11H17N3O/c1-3-9-4-5-11(15-9)14-7-6-10(12)13-8(14)2/h6-7,9,11H,2-5H2,1H3,(H2,12,13). The maximum Gasteiger partial charge on any atom is 0.135 e. The molecule has 0 aromatic rings. The third kappa shape index (κ3) is 2.04. The number of nitrogens with two attached hydrogens (primary N) is 1. The monoisotopic (exact) mass is 207 g/mol. The van der Waals surface area contributed by atoms with Crippen molar-refractivity contribution in [2.75, 3.05) is 0 Å². The Morgan fingerprint density at radius 1 is 1.67 bits per heavy atom. The summed E-state index contributed by atoms with van der Waals surface area (Å²) in [5.41, 5.74) is 5.57. The second-order valence-electron chi connectivity index (χ2n) is 3.87. The van der Waals surface area contributed by atoms with Gasteiger partial charge in [-0.25, -0.2) is 4.99 Å². The molecule has 2 aliphatic heterocycles. The van der Waals surface area contributed by atoms with Crippen LogP contribution in [0.1, 0.15) is 26.2 Å². The smallest absolute Gasteiger partial charge is 0.135 e. The second-order valence-corrected chi connectivity index (χ2v) is 3.87. The molecular formula is C11H17N3O. The van der Waals surface area contributed by atoms with Crippen LogP contribution in [0.25, 0.3) is 0 Å². The predicted octanol–water partition coefficient (Wildman–Crippen LogP) is 1.56. The zero-order valence-electron chi connectivity index (χ0n) is 9.02. The molecule has 0 amide bonds. The molecule has 0 bridgehead atoms. The molecule has 4 heteroatoms. The normalized spacial score (nSPS) is 30.9. The molecule has 2 N–H and O–H groups in total. The van der Waals surface area contributed by atoms with Gasteiger partial charge in [0.1, 0.15) is 17.9 Å². The Bertz CT molecular complexity index is 322. The lowest BCUT2D eigenvalue weighted by Gasteiger charge is -2.28. The van der Waals surface area contributed by atoms with E-state index in [-0.39, 0.29) is 6.23 Å². The van der Waals surface area contributed by atoms with E-state index in [0.717, 1.165) is 19.3 Å². The molecule has 0 spiro atoms. The third-order valence-electron chi connectivity index (χ3n) is 2.81. The second kappa shape index (κ2) is 4.06. The number of amidine groups is 1. The molecule has 2 atom stereocenters. The van der Waals surface area contributed by atoms with Crippen LogP contribution in [0.2, 0.25) is 0 Å². The van der Waals surface area contributed by atoms with Crippen LogP contribution in [0, 0.1) is 0 Å². The number of hydrogen-bond donors (Lipinski definition) is 1. The van der Waals surface area contributed by atoms with E-state index in [1.54, 1.807) is 6.08 Å². The summed E-state index contributed by atoms with van der Waals surface area (Å²) in [6, 6.07) is 0. The Labute approximate surface area is 90.1 Å². The topological polar surface area (TPSA) is 50.8 Å². The average Bonchev–Trinajstić information content (AvgIpc) is 2.66. The van der Waals surface area contributed by atoms with Gasteiger partial charge in [-0.15, -0.1) is 0 Å². The fourth-order valence-corrected chi connectivity index (χ4v) is 1.94. The maximum atomic E-state index is 5.86. The fourth-order valence-electron chi connectivity index (χ4n) is 1.94. The fraction of sp³-hybridized carbons (Fsp3) is 0.545. The van der Waals surface area contributed by atoms with Crippen LogP contribution in [0.15, 0.2) is 29.7 Å². The maximum absolute atomic E-state index is 5.86. The molecule has 15 heavy (non-hydrogen) atoms. The molecule has 1 fully saturated rings. The number of ether oxygens (including phenoxy) is 1. The van der Waals surface area contributed by atoms with E-state index >= 15 is 0 Å². The highest BCUT2D eigenvalue weighted by Crippen LogP contribution is 2.28. The molecule has 2 heterocycles. The molecule has 0 aromatic heterocycles. The van der Waals surface area contributed by atoms with Crippen LogP contribution in [0.5, 0.6) is 0 Å². The van der Waals surface area contributed by atoms with E-state index in [0.29, 0.717) is 17.8 Å². The number of hydrogen-bond acceptors (Lipinski definition) is 4. The molecule has 82 valence electrons. The van der Waals surface area contributed by atoms with Crippen molar-refractivity contribution in [2.45, 2.75) is 38.5 Å². The molecule has 2 unspecified atom stereocenters. The molecule has 1 saturated heterocycles. The Hall–Kier alpha value is -1.29. The minimum Gasteiger partial charge on any atom is -0.384 e. The number of rotatable bonds is 2. The minimum atomic E-state index is 0.0792. The van der Waals surface area contributed by atoms with Crippen molar-refractivity contribution >= 4 is 5.84 Å². The molecule has 2 rings (SSSR count). The summed E-state index contributed by atoms with van der Waals surface area (Å²) in [4.78, 5) is 6.07. The molecule has 0 aliphatic carbocycles. The van der Waals surface area contributed by atoms with Crippen LogP contribution in [0.4, 0.5) is 0 Å². The molecule has 2 aliphatic rings. The van der Waals surface area contributed by atoms with Gasteiger partial charge in [0.05, 0.1) is 6.10 Å². The molecule has 0 aromatic carbocycles. The summed E-state index contributed by atoms with van der Waals surface area (Å²) >= 11 is 0. The van der Waals surface area contributed by atoms with Gasteiger partial charge in [-0.3, -0.25) is 0 Å². The highest BCUT2D eigenvalue weighted by atomic mass is 16.5. The van der Waals surface area contributed by atoms with Gasteiger partial charge in [0, 0.05) is 6.20 Å². The van der Waals surface area contributed by atoms with E-state index in [9.17, 15) is 0 Å². The van der Waals surface area contributed by atoms with Crippen LogP contribution in [-0.2, 0) is 4.74 Å². The van der Waals surface area contributed by atoms with Crippen LogP contribution in [0.3, 0.4) is 0 Å². The Kier molecular flexibility index (Phi) is 2.77. The summed E-state index contributed by atoms with van der Waals surface area (Å²) in [6.07, 6.45) is 7.32. The molecular weight excluding hydrogens is 190 g/mol. The van der Waals surface area contributed by atoms with Crippen LogP contribution < -0.4 is 5.73 Å². The largest absolute Gasteiger partial charge is 0.384 e. The summed E-state index contributed by atoms with van der Waals surface area (Å²) in [7, 11) is 0. The highest BCUT2D eigenvalue weighted by molar-refractivity contribution is 5.92. The van der Waals surface area contributed by atoms with Crippen molar-refractivity contribution in [2.24, 2.45) is 10.7 Å². The Balaban J connectivity index is 2.02. The van der Waals surface area contributed by atoms with Crippen molar-refractivity contribution in [3.8, 4) is 0 Å². The lowest BCUT2D eigenvalue weighted by Crippen LogP contribution is -2.32. The van der Waals surface area contributed by atoms with Crippen molar-refractivity contribution in [3.63, 3.8) is 0 Å². The Morgan fingerprint density at radius 3 is 3.07 bits per heavy atom. The quantitative estimate of drug-likeness (QED) is 0.747. The summed E-state index contributed by atoms with van der Waals surface area (Å²) in [5.74, 6) is 1.16. The summed E-state index contributed by atoms with van der Waals surface area (Å²) in [5, 5.41) is 0. The van der Waals surface area contributed by atoms with Gasteiger partial charge in [0.25, 0.3) is 0 Å². The lowest BCUT2D eigenvalue weighted by atomic mass is 10.2. The van der Waals surface area contributed by atoms with Crippen molar-refractivity contribution in [1.29, 1.82) is 0 Å². The van der Waals surface area contributed by atoms with E-state index in [4.69, 9.17) is 10.5 Å². The molecule has 0 radical (unpaired) electrons. The molecule has 0 saturated carbocycles. The van der Waals surface area contributed by atoms with E-state index < -0.39 is 0 Å². The first-order chi connectivity index (χ1) is 7.20. The van der Waals surface area contributed by atoms with Gasteiger partial charge >= 0.3 is 0 Å². The van der Waals surface area contributed by atoms with Crippen molar-refractivity contribution in [1.82, 2.24) is 4.90 Å². The van der Waals surface area contributed by atoms with E-state index in [1.807, 2.05) is 11.1 Å². The van der Waals surface area contributed by atoms with Gasteiger partial charge in [-0.2, -0.15) is 0 Å². The third-order valence-corrected chi connectivity index (χ3v) is 2.81. The first-order valence-electron chi connectivity index (χ1n) is 5.35. The van der Waals surface area contributed by atoms with E-state index in [1.165, 1.54) is 0 Å². The summed E-state index contributed by atoms with van der Waals surface area (Å²) < 4.78 is 5.86. The number of aliphatic imine (C=N–C) groups is 1. The van der Waals surface area contributed by atoms with Gasteiger partial charge in [0.15, 0.2) is 0 Å². The van der Waals surface area contributed by atoms with Crippen LogP contribution in [-0.4, -0.2) is 23.1 Å². The lowest BCUT2D eigenvalue weighted by molar-refractivity contribution is -0.0212. The zero-order chi connectivity index (χ0) is 10.8. The average molecular weight is 207 g/mol. The minimum absolute atomic E-state index is 0.0792. The molecule has 4 nitrogen and oxygen atoms in total. The van der Waals surface area contributed by atoms with Gasteiger partial charge in [-0.1, -0.05) is 13.5 Å². The van der Waals surface area contributed by atoms with Gasteiger partial charge in [-0.05, 0) is 25.3 Å². The number of nitrogens with zero attached hydrogens (tertiary/aromatic N) is 2. The van der Waals surface area contributed by atoms with Gasteiger partial charge < -0.3 is 15.4 Å². The van der Waals surface area contributed by atoms with Crippen molar-refractivity contribution < 1.29 is 4.74 Å². The van der Waals surface area contributed by atoms with E-state index in [2.05, 4.69) is 18.5 Å². The Morgan fingerprint density at radius 2 is 2.47 bits per heavy atom. The zero-order valence-corrected chi connectivity index (χ0v) is 9.02. The first kappa shape index (κ1) is 10.2. The first-order valence-corrected chi connectivity index (χ1v) is 5.35. The van der Waals surface area contributed by atoms with Crippen LogP contribution >= 0.6 is 0 Å².